The Morgan fingerprint density at radius 1 is 1.40 bits per heavy atom. The van der Waals surface area contributed by atoms with E-state index in [0.29, 0.717) is 5.41 Å². The Bertz CT molecular complexity index is 176. The average molecular weight is 215 g/mol. The first-order valence-corrected chi connectivity index (χ1v) is 5.96. The van der Waals surface area contributed by atoms with Crippen LogP contribution in [0.4, 0.5) is 0 Å². The number of hydrogen-bond donors (Lipinski definition) is 1. The van der Waals surface area contributed by atoms with Crippen molar-refractivity contribution in [3.05, 3.63) is 0 Å². The molecule has 1 aliphatic rings. The van der Waals surface area contributed by atoms with Gasteiger partial charge in [-0.25, -0.2) is 0 Å². The Labute approximate surface area is 93.4 Å². The van der Waals surface area contributed by atoms with E-state index < -0.39 is 0 Å². The van der Waals surface area contributed by atoms with Gasteiger partial charge in [0, 0.05) is 26.3 Å². The highest BCUT2D eigenvalue weighted by atomic mass is 16.5. The third kappa shape index (κ3) is 4.96. The topological polar surface area (TPSA) is 32.7 Å². The zero-order chi connectivity index (χ0) is 11.3. The van der Waals surface area contributed by atoms with E-state index in [-0.39, 0.29) is 6.10 Å². The van der Waals surface area contributed by atoms with Crippen molar-refractivity contribution in [1.82, 2.24) is 4.90 Å². The van der Waals surface area contributed by atoms with Crippen molar-refractivity contribution in [3.8, 4) is 0 Å². The van der Waals surface area contributed by atoms with Crippen LogP contribution in [0, 0.1) is 5.41 Å². The lowest BCUT2D eigenvalue weighted by Gasteiger charge is -2.37. The second-order valence-electron chi connectivity index (χ2n) is 5.30. The molecule has 0 saturated carbocycles. The van der Waals surface area contributed by atoms with Gasteiger partial charge in [0.05, 0.1) is 6.10 Å². The summed E-state index contributed by atoms with van der Waals surface area (Å²) in [5.41, 5.74) is 0.408. The van der Waals surface area contributed by atoms with Gasteiger partial charge in [-0.15, -0.1) is 0 Å². The second kappa shape index (κ2) is 5.83. The van der Waals surface area contributed by atoms with Crippen molar-refractivity contribution >= 4 is 0 Å². The molecule has 0 bridgehead atoms. The van der Waals surface area contributed by atoms with Gasteiger partial charge in [0.1, 0.15) is 0 Å². The van der Waals surface area contributed by atoms with E-state index in [4.69, 9.17) is 4.74 Å². The van der Waals surface area contributed by atoms with Gasteiger partial charge in [-0.05, 0) is 38.6 Å². The first kappa shape index (κ1) is 12.9. The summed E-state index contributed by atoms with van der Waals surface area (Å²) in [6, 6.07) is 0. The Morgan fingerprint density at radius 3 is 2.53 bits per heavy atom. The number of ether oxygens (including phenoxy) is 1. The molecule has 0 aromatic carbocycles. The van der Waals surface area contributed by atoms with Crippen LogP contribution in [0.2, 0.25) is 0 Å². The molecule has 3 heteroatoms. The Morgan fingerprint density at radius 2 is 2.00 bits per heavy atom. The lowest BCUT2D eigenvalue weighted by Crippen LogP contribution is -2.38. The van der Waals surface area contributed by atoms with Crippen LogP contribution in [-0.4, -0.2) is 49.5 Å². The first-order valence-electron chi connectivity index (χ1n) is 5.96. The Kier molecular flexibility index (Phi) is 5.03. The smallest absolute Gasteiger partial charge is 0.0524 e. The molecule has 90 valence electrons. The summed E-state index contributed by atoms with van der Waals surface area (Å²) < 4.78 is 5.39. The summed E-state index contributed by atoms with van der Waals surface area (Å²) in [6.45, 7) is 8.09. The number of aliphatic hydroxyl groups excluding tert-OH is 1. The Balaban J connectivity index is 2.25. The fourth-order valence-electron chi connectivity index (χ4n) is 2.16. The van der Waals surface area contributed by atoms with E-state index in [2.05, 4.69) is 18.9 Å². The second-order valence-corrected chi connectivity index (χ2v) is 5.30. The summed E-state index contributed by atoms with van der Waals surface area (Å²) >= 11 is 0. The van der Waals surface area contributed by atoms with Crippen molar-refractivity contribution in [2.24, 2.45) is 5.41 Å². The normalized spacial score (nSPS) is 23.0. The quantitative estimate of drug-likeness (QED) is 0.754. The van der Waals surface area contributed by atoms with Gasteiger partial charge in [0.25, 0.3) is 0 Å². The predicted molar refractivity (Wildman–Crippen MR) is 62.0 cm³/mol. The fraction of sp³-hybridized carbons (Fsp3) is 1.00. The number of rotatable bonds is 5. The van der Waals surface area contributed by atoms with Crippen LogP contribution in [-0.2, 0) is 4.74 Å². The van der Waals surface area contributed by atoms with Gasteiger partial charge >= 0.3 is 0 Å². The highest BCUT2D eigenvalue weighted by Crippen LogP contribution is 2.30. The molecule has 3 nitrogen and oxygen atoms in total. The molecule has 0 spiro atoms. The number of nitrogens with zero attached hydrogens (tertiary/aromatic N) is 1. The zero-order valence-corrected chi connectivity index (χ0v) is 10.3. The van der Waals surface area contributed by atoms with Crippen LogP contribution in [0.5, 0.6) is 0 Å². The van der Waals surface area contributed by atoms with Gasteiger partial charge in [0.2, 0.25) is 0 Å². The van der Waals surface area contributed by atoms with Crippen molar-refractivity contribution in [2.45, 2.75) is 39.2 Å². The van der Waals surface area contributed by atoms with Gasteiger partial charge in [-0.2, -0.15) is 0 Å². The average Bonchev–Trinajstić information content (AvgIpc) is 2.15. The molecule has 1 unspecified atom stereocenters. The predicted octanol–water partition coefficient (Wildman–Crippen LogP) is 1.51. The molecule has 1 atom stereocenters. The van der Waals surface area contributed by atoms with Gasteiger partial charge in [-0.3, -0.25) is 0 Å². The molecule has 1 N–H and O–H groups in total. The zero-order valence-electron chi connectivity index (χ0n) is 10.3. The van der Waals surface area contributed by atoms with Crippen molar-refractivity contribution < 1.29 is 9.84 Å². The molecule has 0 aromatic heterocycles. The molecular weight excluding hydrogens is 190 g/mol. The van der Waals surface area contributed by atoms with Crippen LogP contribution >= 0.6 is 0 Å². The molecule has 1 rings (SSSR count). The largest absolute Gasteiger partial charge is 0.393 e. The molecule has 15 heavy (non-hydrogen) atoms. The molecule has 0 radical (unpaired) electrons. The minimum atomic E-state index is -0.185. The maximum Gasteiger partial charge on any atom is 0.0524 e. The number of hydrogen-bond acceptors (Lipinski definition) is 3. The van der Waals surface area contributed by atoms with Gasteiger partial charge in [-0.1, -0.05) is 6.92 Å². The standard InChI is InChI=1S/C12H25NO2/c1-11(14)4-7-13(3)10-12(2)5-8-15-9-6-12/h11,14H,4-10H2,1-3H3. The van der Waals surface area contributed by atoms with Gasteiger partial charge in [0.15, 0.2) is 0 Å². The van der Waals surface area contributed by atoms with E-state index in [1.807, 2.05) is 6.92 Å². The van der Waals surface area contributed by atoms with Gasteiger partial charge < -0.3 is 14.7 Å². The van der Waals surface area contributed by atoms with E-state index in [1.165, 1.54) is 0 Å². The molecule has 0 aliphatic carbocycles. The van der Waals surface area contributed by atoms with Crippen LogP contribution in [0.1, 0.15) is 33.1 Å². The van der Waals surface area contributed by atoms with Crippen molar-refractivity contribution in [1.29, 1.82) is 0 Å². The lowest BCUT2D eigenvalue weighted by molar-refractivity contribution is 0.00737. The summed E-state index contributed by atoms with van der Waals surface area (Å²) in [4.78, 5) is 2.33. The maximum atomic E-state index is 9.22. The number of aliphatic hydroxyl groups is 1. The SMILES string of the molecule is CC(O)CCN(C)CC1(C)CCOCC1. The Hall–Kier alpha value is -0.120. The monoisotopic (exact) mass is 215 g/mol. The lowest BCUT2D eigenvalue weighted by atomic mass is 9.82. The summed E-state index contributed by atoms with van der Waals surface area (Å²) in [5.74, 6) is 0. The van der Waals surface area contributed by atoms with E-state index >= 15 is 0 Å². The van der Waals surface area contributed by atoms with Crippen LogP contribution in [0.3, 0.4) is 0 Å². The van der Waals surface area contributed by atoms with E-state index in [1.54, 1.807) is 0 Å². The van der Waals surface area contributed by atoms with Crippen LogP contribution < -0.4 is 0 Å². The molecule has 0 amide bonds. The summed E-state index contributed by atoms with van der Waals surface area (Å²) in [6.07, 6.45) is 3.00. The highest BCUT2D eigenvalue weighted by Gasteiger charge is 2.28. The molecule has 0 aromatic rings. The van der Waals surface area contributed by atoms with Crippen LogP contribution in [0.25, 0.3) is 0 Å². The molecular formula is C12H25NO2. The molecule has 1 fully saturated rings. The maximum absolute atomic E-state index is 9.22. The third-order valence-corrected chi connectivity index (χ3v) is 3.28. The van der Waals surface area contributed by atoms with Crippen molar-refractivity contribution in [2.75, 3.05) is 33.4 Å². The summed E-state index contributed by atoms with van der Waals surface area (Å²) in [5, 5.41) is 9.22. The minimum Gasteiger partial charge on any atom is -0.393 e. The van der Waals surface area contributed by atoms with Crippen molar-refractivity contribution in [3.63, 3.8) is 0 Å². The third-order valence-electron chi connectivity index (χ3n) is 3.28. The first-order chi connectivity index (χ1) is 7.02. The fourth-order valence-corrected chi connectivity index (χ4v) is 2.16. The molecule has 1 saturated heterocycles. The van der Waals surface area contributed by atoms with Crippen LogP contribution in [0.15, 0.2) is 0 Å². The summed E-state index contributed by atoms with van der Waals surface area (Å²) in [7, 11) is 2.14. The van der Waals surface area contributed by atoms with E-state index in [0.717, 1.165) is 45.6 Å². The minimum absolute atomic E-state index is 0.185. The molecule has 1 aliphatic heterocycles. The highest BCUT2D eigenvalue weighted by molar-refractivity contribution is 4.80. The van der Waals surface area contributed by atoms with E-state index in [9.17, 15) is 5.11 Å². The molecule has 1 heterocycles.